The van der Waals surface area contributed by atoms with Gasteiger partial charge in [0.2, 0.25) is 0 Å². The van der Waals surface area contributed by atoms with E-state index in [0.717, 1.165) is 16.5 Å². The number of amides is 2. The van der Waals surface area contributed by atoms with Crippen LogP contribution in [0, 0.1) is 5.92 Å². The minimum atomic E-state index is -0.748. The van der Waals surface area contributed by atoms with Gasteiger partial charge in [-0.05, 0) is 43.4 Å². The fourth-order valence-electron chi connectivity index (χ4n) is 3.95. The maximum absolute atomic E-state index is 12.7. The summed E-state index contributed by atoms with van der Waals surface area (Å²) in [6.07, 6.45) is 2.52. The van der Waals surface area contributed by atoms with Gasteiger partial charge >= 0.3 is 12.0 Å². The minimum Gasteiger partial charge on any atom is -0.481 e. The van der Waals surface area contributed by atoms with E-state index >= 15 is 0 Å². The lowest BCUT2D eigenvalue weighted by atomic mass is 9.86. The van der Waals surface area contributed by atoms with Crippen LogP contribution >= 0.6 is 0 Å². The van der Waals surface area contributed by atoms with Crippen molar-refractivity contribution < 1.29 is 19.1 Å². The third-order valence-corrected chi connectivity index (χ3v) is 5.55. The number of hydrogen-bond acceptors (Lipinski definition) is 3. The molecule has 1 aliphatic carbocycles. The molecular weight excluding hydrogens is 368 g/mol. The third kappa shape index (κ3) is 4.42. The smallest absolute Gasteiger partial charge is 0.315 e. The third-order valence-electron chi connectivity index (χ3n) is 5.55. The van der Waals surface area contributed by atoms with Crippen molar-refractivity contribution in [1.29, 1.82) is 0 Å². The summed E-state index contributed by atoms with van der Waals surface area (Å²) >= 11 is 0. The molecule has 1 saturated carbocycles. The number of fused-ring (bicyclic) bond motifs is 1. The highest BCUT2D eigenvalue weighted by Gasteiger charge is 2.28. The Bertz CT molecular complexity index is 957. The fourth-order valence-corrected chi connectivity index (χ4v) is 3.95. The Labute approximate surface area is 168 Å². The van der Waals surface area contributed by atoms with Crippen molar-refractivity contribution in [2.75, 3.05) is 0 Å². The lowest BCUT2D eigenvalue weighted by molar-refractivity contribution is -0.142. The number of para-hydroxylation sites is 1. The molecular formula is C23H24N2O4. The second-order valence-corrected chi connectivity index (χ2v) is 7.53. The van der Waals surface area contributed by atoms with E-state index in [1.54, 1.807) is 0 Å². The molecule has 0 saturated heterocycles. The Morgan fingerprint density at radius 1 is 0.966 bits per heavy atom. The maximum Gasteiger partial charge on any atom is 0.315 e. The van der Waals surface area contributed by atoms with Gasteiger partial charge in [-0.15, -0.1) is 0 Å². The molecule has 0 radical (unpaired) electrons. The molecule has 1 unspecified atom stereocenters. The first-order valence-corrected chi connectivity index (χ1v) is 9.93. The first kappa shape index (κ1) is 19.1. The molecule has 3 N–H and O–H groups in total. The highest BCUT2D eigenvalue weighted by molar-refractivity contribution is 5.79. The number of aliphatic carboxylic acids is 1. The Kier molecular flexibility index (Phi) is 5.51. The van der Waals surface area contributed by atoms with Gasteiger partial charge in [0, 0.05) is 11.4 Å². The molecule has 4 rings (SSSR count). The van der Waals surface area contributed by atoms with Gasteiger partial charge in [-0.3, -0.25) is 4.79 Å². The van der Waals surface area contributed by atoms with Crippen LogP contribution in [-0.4, -0.2) is 23.1 Å². The molecule has 0 spiro atoms. The van der Waals surface area contributed by atoms with E-state index in [2.05, 4.69) is 10.6 Å². The molecule has 2 aromatic carbocycles. The molecule has 0 aliphatic heterocycles. The van der Waals surface area contributed by atoms with Crippen molar-refractivity contribution in [1.82, 2.24) is 10.6 Å². The van der Waals surface area contributed by atoms with Crippen LogP contribution in [0.2, 0.25) is 0 Å². The van der Waals surface area contributed by atoms with E-state index < -0.39 is 12.0 Å². The summed E-state index contributed by atoms with van der Waals surface area (Å²) in [7, 11) is 0. The van der Waals surface area contributed by atoms with Crippen LogP contribution in [0.4, 0.5) is 4.79 Å². The Balaban J connectivity index is 1.49. The van der Waals surface area contributed by atoms with Crippen molar-refractivity contribution in [3.63, 3.8) is 0 Å². The molecule has 150 valence electrons. The van der Waals surface area contributed by atoms with Gasteiger partial charge in [-0.2, -0.15) is 0 Å². The van der Waals surface area contributed by atoms with Gasteiger partial charge in [-0.25, -0.2) is 4.79 Å². The number of urea groups is 1. The molecule has 1 atom stereocenters. The summed E-state index contributed by atoms with van der Waals surface area (Å²) in [5.41, 5.74) is 1.70. The quantitative estimate of drug-likeness (QED) is 0.598. The zero-order valence-corrected chi connectivity index (χ0v) is 16.0. The molecule has 1 fully saturated rings. The van der Waals surface area contributed by atoms with Gasteiger partial charge in [0.05, 0.1) is 5.92 Å². The summed E-state index contributed by atoms with van der Waals surface area (Å²) in [6.45, 7) is 0. The van der Waals surface area contributed by atoms with Crippen LogP contribution in [-0.2, 0) is 4.79 Å². The normalized spacial score (nSPS) is 20.1. The minimum absolute atomic E-state index is 0.0160. The number of carbonyl (C=O) groups is 2. The number of furan rings is 1. The summed E-state index contributed by atoms with van der Waals surface area (Å²) in [5.74, 6) is -0.382. The molecule has 6 nitrogen and oxygen atoms in total. The zero-order chi connectivity index (χ0) is 20.2. The fraction of sp³-hybridized carbons (Fsp3) is 0.304. The topological polar surface area (TPSA) is 91.6 Å². The average Bonchev–Trinajstić information content (AvgIpc) is 3.17. The first-order valence-electron chi connectivity index (χ1n) is 9.93. The average molecular weight is 392 g/mol. The lowest BCUT2D eigenvalue weighted by Gasteiger charge is -2.27. The maximum atomic E-state index is 12.7. The largest absolute Gasteiger partial charge is 0.481 e. The Morgan fingerprint density at radius 3 is 2.34 bits per heavy atom. The van der Waals surface area contributed by atoms with Crippen molar-refractivity contribution in [2.45, 2.75) is 37.8 Å². The number of hydrogen-bond donors (Lipinski definition) is 3. The number of rotatable bonds is 5. The first-order chi connectivity index (χ1) is 14.1. The van der Waals surface area contributed by atoms with E-state index in [1.807, 2.05) is 60.7 Å². The van der Waals surface area contributed by atoms with Gasteiger partial charge < -0.3 is 20.2 Å². The highest BCUT2D eigenvalue weighted by atomic mass is 16.4. The lowest BCUT2D eigenvalue weighted by Crippen LogP contribution is -2.45. The predicted molar refractivity (Wildman–Crippen MR) is 110 cm³/mol. The van der Waals surface area contributed by atoms with Gasteiger partial charge in [-0.1, -0.05) is 48.5 Å². The number of carbonyl (C=O) groups excluding carboxylic acids is 1. The van der Waals surface area contributed by atoms with Crippen molar-refractivity contribution >= 4 is 23.0 Å². The Morgan fingerprint density at radius 2 is 1.66 bits per heavy atom. The summed E-state index contributed by atoms with van der Waals surface area (Å²) < 4.78 is 6.01. The second-order valence-electron chi connectivity index (χ2n) is 7.53. The van der Waals surface area contributed by atoms with E-state index in [-0.39, 0.29) is 18.0 Å². The summed E-state index contributed by atoms with van der Waals surface area (Å²) in [4.78, 5) is 23.8. The number of nitrogens with one attached hydrogen (secondary N) is 2. The number of benzene rings is 2. The SMILES string of the molecule is O=C(NC1CCC(C(=O)O)CC1)NC(c1ccccc1)c1cc2ccccc2o1. The van der Waals surface area contributed by atoms with Crippen LogP contribution in [0.3, 0.4) is 0 Å². The van der Waals surface area contributed by atoms with Crippen molar-refractivity contribution in [2.24, 2.45) is 5.92 Å². The van der Waals surface area contributed by atoms with Gasteiger partial charge in [0.15, 0.2) is 0 Å². The van der Waals surface area contributed by atoms with E-state index in [9.17, 15) is 9.59 Å². The highest BCUT2D eigenvalue weighted by Crippen LogP contribution is 2.29. The van der Waals surface area contributed by atoms with Crippen molar-refractivity contribution in [3.8, 4) is 0 Å². The van der Waals surface area contributed by atoms with E-state index in [1.165, 1.54) is 0 Å². The van der Waals surface area contributed by atoms with Crippen LogP contribution in [0.1, 0.15) is 43.0 Å². The molecule has 1 aliphatic rings. The molecule has 0 bridgehead atoms. The standard InChI is InChI=1S/C23H24N2O4/c26-22(27)16-10-12-18(13-11-16)24-23(28)25-21(15-6-2-1-3-7-15)20-14-17-8-4-5-9-19(17)29-20/h1-9,14,16,18,21H,10-13H2,(H,26,27)(H2,24,25,28). The van der Waals surface area contributed by atoms with Gasteiger partial charge in [0.1, 0.15) is 17.4 Å². The summed E-state index contributed by atoms with van der Waals surface area (Å²) in [6, 6.07) is 18.7. The molecule has 6 heteroatoms. The summed E-state index contributed by atoms with van der Waals surface area (Å²) in [5, 5.41) is 16.1. The molecule has 2 amide bonds. The molecule has 1 heterocycles. The van der Waals surface area contributed by atoms with Gasteiger partial charge in [0.25, 0.3) is 0 Å². The van der Waals surface area contributed by atoms with E-state index in [4.69, 9.17) is 9.52 Å². The van der Waals surface area contributed by atoms with Crippen molar-refractivity contribution in [3.05, 3.63) is 72.0 Å². The molecule has 29 heavy (non-hydrogen) atoms. The van der Waals surface area contributed by atoms with Crippen LogP contribution in [0.25, 0.3) is 11.0 Å². The predicted octanol–water partition coefficient (Wildman–Crippen LogP) is 4.46. The molecule has 3 aromatic rings. The Hall–Kier alpha value is -3.28. The number of carboxylic acids is 1. The van der Waals surface area contributed by atoms with Crippen LogP contribution in [0.5, 0.6) is 0 Å². The van der Waals surface area contributed by atoms with E-state index in [0.29, 0.717) is 31.4 Å². The molecule has 1 aromatic heterocycles. The number of carboxylic acid groups (broad SMARTS) is 1. The van der Waals surface area contributed by atoms with Crippen LogP contribution < -0.4 is 10.6 Å². The second kappa shape index (κ2) is 8.39. The van der Waals surface area contributed by atoms with Crippen LogP contribution in [0.15, 0.2) is 65.1 Å². The monoisotopic (exact) mass is 392 g/mol. The zero-order valence-electron chi connectivity index (χ0n) is 16.0.